The molecule has 2 N–H and O–H groups in total. The summed E-state index contributed by atoms with van der Waals surface area (Å²) in [5, 5.41) is 0.559. The van der Waals surface area contributed by atoms with Crippen LogP contribution < -0.4 is 4.90 Å². The van der Waals surface area contributed by atoms with Crippen molar-refractivity contribution < 1.29 is 30.7 Å². The van der Waals surface area contributed by atoms with E-state index in [1.165, 1.54) is 5.56 Å². The van der Waals surface area contributed by atoms with Crippen LogP contribution in [0.5, 0.6) is 0 Å². The second-order valence-corrected chi connectivity index (χ2v) is 16.0. The van der Waals surface area contributed by atoms with E-state index in [1.807, 2.05) is 30.9 Å². The Morgan fingerprint density at radius 3 is 2.13 bits per heavy atom. The highest BCUT2D eigenvalue weighted by Crippen LogP contribution is 2.37. The smallest absolute Gasteiger partial charge is 0.266 e. The molecular weight excluding hydrogens is 656 g/mol. The van der Waals surface area contributed by atoms with Crippen LogP contribution in [0.2, 0.25) is 5.02 Å². The summed E-state index contributed by atoms with van der Waals surface area (Å²) in [5.74, 6) is -0.306. The highest BCUT2D eigenvalue weighted by Gasteiger charge is 2.33. The summed E-state index contributed by atoms with van der Waals surface area (Å²) < 4.78 is 64.1. The van der Waals surface area contributed by atoms with Crippen LogP contribution in [-0.2, 0) is 31.5 Å². The molecule has 13 nitrogen and oxygen atoms in total. The van der Waals surface area contributed by atoms with E-state index in [0.717, 1.165) is 29.9 Å². The third-order valence-electron chi connectivity index (χ3n) is 8.90. The zero-order valence-corrected chi connectivity index (χ0v) is 29.0. The fourth-order valence-electron chi connectivity index (χ4n) is 6.14. The lowest BCUT2D eigenvalue weighted by atomic mass is 9.95. The first-order valence-electron chi connectivity index (χ1n) is 15.6. The normalized spacial score (nSPS) is 18.1. The van der Waals surface area contributed by atoms with Crippen molar-refractivity contribution in [2.75, 3.05) is 75.3 Å². The molecule has 2 unspecified atom stereocenters. The first kappa shape index (κ1) is 36.4. The lowest BCUT2D eigenvalue weighted by Gasteiger charge is -2.39. The number of nitrogens with zero attached hydrogens (tertiary/aromatic N) is 6. The van der Waals surface area contributed by atoms with Gasteiger partial charge >= 0.3 is 0 Å². The monoisotopic (exact) mass is 700 g/mol. The molecule has 1 aromatic heterocycles. The molecule has 4 rings (SSSR count). The molecule has 2 heterocycles. The molecule has 2 atom stereocenters. The van der Waals surface area contributed by atoms with Crippen LogP contribution in [0.3, 0.4) is 0 Å². The van der Waals surface area contributed by atoms with Crippen LogP contribution in [0.15, 0.2) is 30.6 Å². The van der Waals surface area contributed by atoms with E-state index in [1.54, 1.807) is 23.4 Å². The third-order valence-corrected chi connectivity index (χ3v) is 10.5. The van der Waals surface area contributed by atoms with Gasteiger partial charge in [-0.05, 0) is 50.3 Å². The average Bonchev–Trinajstić information content (AvgIpc) is 3.38. The van der Waals surface area contributed by atoms with Gasteiger partial charge in [0.05, 0.1) is 17.4 Å². The van der Waals surface area contributed by atoms with E-state index in [0.29, 0.717) is 50.2 Å². The lowest BCUT2D eigenvalue weighted by Crippen LogP contribution is -2.52. The molecule has 0 saturated carbocycles. The number of anilines is 1. The minimum atomic E-state index is -4.28. The number of fused-ring (bicyclic) bond motifs is 1. The number of hydrogen-bond acceptors (Lipinski definition) is 10. The van der Waals surface area contributed by atoms with Crippen molar-refractivity contribution in [1.29, 1.82) is 0 Å². The fourth-order valence-corrected chi connectivity index (χ4v) is 7.25. The van der Waals surface area contributed by atoms with Crippen molar-refractivity contribution in [3.63, 3.8) is 0 Å². The zero-order valence-electron chi connectivity index (χ0n) is 26.6. The highest BCUT2D eigenvalue weighted by molar-refractivity contribution is 7.86. The number of benzene rings is 1. The maximum atomic E-state index is 14.2. The standard InChI is InChI=1S/C30H45ClN6O7S2/c1-22(2)37(11-10-34(16-18-45(39,40)41)17-19-46(42,43)44)20-26(24-5-7-25(31)8-6-24)30(38)36-14-12-35(13-15-36)29-28-23(3)4-9-27(28)32-21-33-29/h5-8,21-23,26H,4,9-20H2,1-3H3,(H,39,40,41)(H,42,43,44). The number of aryl methyl sites for hydroxylation is 1. The number of carbonyl (C=O) groups is 1. The topological polar surface area (TPSA) is 165 Å². The Balaban J connectivity index is 1.48. The van der Waals surface area contributed by atoms with Gasteiger partial charge in [0, 0.05) is 81.2 Å². The van der Waals surface area contributed by atoms with E-state index in [9.17, 15) is 30.7 Å². The van der Waals surface area contributed by atoms with Crippen LogP contribution >= 0.6 is 11.6 Å². The van der Waals surface area contributed by atoms with Gasteiger partial charge in [-0.1, -0.05) is 30.7 Å². The van der Waals surface area contributed by atoms with Crippen molar-refractivity contribution in [1.82, 2.24) is 24.7 Å². The molecule has 2 aliphatic rings. The Kier molecular flexibility index (Phi) is 12.4. The predicted molar refractivity (Wildman–Crippen MR) is 178 cm³/mol. The number of halogens is 1. The van der Waals surface area contributed by atoms with Gasteiger partial charge in [0.1, 0.15) is 12.1 Å². The molecule has 0 radical (unpaired) electrons. The Morgan fingerprint density at radius 2 is 1.57 bits per heavy atom. The molecular formula is C30H45ClN6O7S2. The minimum Gasteiger partial charge on any atom is -0.353 e. The van der Waals surface area contributed by atoms with E-state index in [-0.39, 0.29) is 31.6 Å². The number of rotatable bonds is 15. The summed E-state index contributed by atoms with van der Waals surface area (Å²) in [6, 6.07) is 7.23. The predicted octanol–water partition coefficient (Wildman–Crippen LogP) is 2.40. The molecule has 1 amide bonds. The van der Waals surface area contributed by atoms with Gasteiger partial charge < -0.3 is 9.80 Å². The largest absolute Gasteiger partial charge is 0.353 e. The van der Waals surface area contributed by atoms with Crippen LogP contribution in [-0.4, -0.2) is 133 Å². The second kappa shape index (κ2) is 15.7. The van der Waals surface area contributed by atoms with Crippen molar-refractivity contribution in [3.05, 3.63) is 52.4 Å². The maximum absolute atomic E-state index is 14.2. The van der Waals surface area contributed by atoms with Gasteiger partial charge in [-0.2, -0.15) is 16.8 Å². The third kappa shape index (κ3) is 10.3. The summed E-state index contributed by atoms with van der Waals surface area (Å²) in [5.41, 5.74) is 3.15. The Labute approximate surface area is 277 Å². The first-order chi connectivity index (χ1) is 21.6. The summed E-state index contributed by atoms with van der Waals surface area (Å²) >= 11 is 6.19. The number of hydrogen-bond donors (Lipinski definition) is 2. The van der Waals surface area contributed by atoms with Crippen LogP contribution in [0, 0.1) is 0 Å². The lowest BCUT2D eigenvalue weighted by molar-refractivity contribution is -0.133. The quantitative estimate of drug-likeness (QED) is 0.261. The van der Waals surface area contributed by atoms with Gasteiger partial charge in [-0.3, -0.25) is 23.7 Å². The Bertz CT molecular complexity index is 1520. The maximum Gasteiger partial charge on any atom is 0.266 e. The SMILES string of the molecule is CC1CCc2ncnc(N3CCN(C(=O)C(CN(CCN(CCS(=O)(=O)O)CCS(=O)(=O)O)C(C)C)c4ccc(Cl)cc4)CC3)c21. The first-order valence-corrected chi connectivity index (χ1v) is 19.2. The van der Waals surface area contributed by atoms with Crippen molar-refractivity contribution >= 4 is 43.6 Å². The summed E-state index contributed by atoms with van der Waals surface area (Å²) in [6.45, 7) is 9.34. The number of piperazine rings is 1. The van der Waals surface area contributed by atoms with Gasteiger partial charge in [0.25, 0.3) is 20.2 Å². The molecule has 16 heteroatoms. The van der Waals surface area contributed by atoms with Gasteiger partial charge in [-0.15, -0.1) is 0 Å². The number of amides is 1. The molecule has 2 aromatic rings. The molecule has 1 fully saturated rings. The Hall–Kier alpha value is -2.40. The molecule has 256 valence electrons. The molecule has 1 saturated heterocycles. The number of carbonyl (C=O) groups excluding carboxylic acids is 1. The summed E-state index contributed by atoms with van der Waals surface area (Å²) in [6.07, 6.45) is 3.65. The van der Waals surface area contributed by atoms with E-state index >= 15 is 0 Å². The second-order valence-electron chi connectivity index (χ2n) is 12.4. The summed E-state index contributed by atoms with van der Waals surface area (Å²) in [4.78, 5) is 31.1. The highest BCUT2D eigenvalue weighted by atomic mass is 35.5. The molecule has 0 spiro atoms. The van der Waals surface area contributed by atoms with Crippen molar-refractivity contribution in [2.45, 2.75) is 51.5 Å². The van der Waals surface area contributed by atoms with E-state index in [2.05, 4.69) is 26.7 Å². The van der Waals surface area contributed by atoms with E-state index in [4.69, 9.17) is 11.6 Å². The minimum absolute atomic E-state index is 0.00806. The van der Waals surface area contributed by atoms with Crippen LogP contribution in [0.1, 0.15) is 55.8 Å². The summed E-state index contributed by atoms with van der Waals surface area (Å²) in [7, 11) is -8.55. The van der Waals surface area contributed by atoms with Gasteiger partial charge in [0.15, 0.2) is 0 Å². The molecule has 0 bridgehead atoms. The molecule has 1 aromatic carbocycles. The Morgan fingerprint density at radius 1 is 0.957 bits per heavy atom. The fraction of sp³-hybridized carbons (Fsp3) is 0.633. The van der Waals surface area contributed by atoms with Crippen LogP contribution in [0.4, 0.5) is 5.82 Å². The average molecular weight is 701 g/mol. The van der Waals surface area contributed by atoms with Crippen LogP contribution in [0.25, 0.3) is 0 Å². The molecule has 1 aliphatic carbocycles. The van der Waals surface area contributed by atoms with Crippen molar-refractivity contribution in [2.24, 2.45) is 0 Å². The zero-order chi connectivity index (χ0) is 33.6. The van der Waals surface area contributed by atoms with Gasteiger partial charge in [0.2, 0.25) is 5.91 Å². The number of aromatic nitrogens is 2. The van der Waals surface area contributed by atoms with Crippen molar-refractivity contribution in [3.8, 4) is 0 Å². The van der Waals surface area contributed by atoms with E-state index < -0.39 is 37.7 Å². The molecule has 1 aliphatic heterocycles. The van der Waals surface area contributed by atoms with Gasteiger partial charge in [-0.25, -0.2) is 9.97 Å². The molecule has 46 heavy (non-hydrogen) atoms.